The Balaban J connectivity index is 1.61. The van der Waals surface area contributed by atoms with Gasteiger partial charge in [-0.1, -0.05) is 35.9 Å². The van der Waals surface area contributed by atoms with Gasteiger partial charge in [-0.2, -0.15) is 0 Å². The summed E-state index contributed by atoms with van der Waals surface area (Å²) in [5.41, 5.74) is 8.57. The zero-order valence-electron chi connectivity index (χ0n) is 20.1. The zero-order valence-corrected chi connectivity index (χ0v) is 21.7. The molecule has 0 spiro atoms. The standard InChI is InChI=1S/C26H25ClFN5O3S/c1-14(29)22(32(2)30)20-12-21(37-23(20)27)24(34)31-17(11-15-6-5-7-16(28)10-15)13-33-25(35)18-8-3-4-9-19(18)26(33)36/h3-10,12,17H,11,13,29-30H2,1-2H3,(H,31,34)/b22-14-. The second kappa shape index (κ2) is 10.7. The number of rotatable bonds is 8. The highest BCUT2D eigenvalue weighted by Crippen LogP contribution is 2.34. The predicted octanol–water partition coefficient (Wildman–Crippen LogP) is 3.63. The first-order chi connectivity index (χ1) is 17.6. The van der Waals surface area contributed by atoms with Gasteiger partial charge in [0.15, 0.2) is 0 Å². The Kier molecular flexibility index (Phi) is 7.63. The summed E-state index contributed by atoms with van der Waals surface area (Å²) in [6.45, 7) is 1.57. The van der Waals surface area contributed by atoms with Crippen molar-refractivity contribution in [1.29, 1.82) is 0 Å². The number of allylic oxidation sites excluding steroid dienone is 1. The molecule has 8 nitrogen and oxygen atoms in total. The fraction of sp³-hybridized carbons (Fsp3) is 0.192. The van der Waals surface area contributed by atoms with Crippen molar-refractivity contribution in [1.82, 2.24) is 15.2 Å². The number of benzene rings is 2. The molecule has 3 aromatic rings. The van der Waals surface area contributed by atoms with Gasteiger partial charge in [-0.05, 0) is 49.2 Å². The monoisotopic (exact) mass is 541 g/mol. The van der Waals surface area contributed by atoms with E-state index in [2.05, 4.69) is 5.32 Å². The molecular weight excluding hydrogens is 517 g/mol. The number of thiophene rings is 1. The molecule has 2 heterocycles. The number of carbonyl (C=O) groups excluding carboxylic acids is 3. The number of nitrogens with two attached hydrogens (primary N) is 2. The van der Waals surface area contributed by atoms with Crippen molar-refractivity contribution in [3.8, 4) is 0 Å². The van der Waals surface area contributed by atoms with Crippen LogP contribution in [0.1, 0.15) is 48.4 Å². The highest BCUT2D eigenvalue weighted by Gasteiger charge is 2.37. The van der Waals surface area contributed by atoms with Crippen LogP contribution in [0.4, 0.5) is 4.39 Å². The Morgan fingerprint density at radius 1 is 1.14 bits per heavy atom. The van der Waals surface area contributed by atoms with Gasteiger partial charge in [0.05, 0.1) is 27.7 Å². The molecule has 4 rings (SSSR count). The van der Waals surface area contributed by atoms with E-state index in [1.165, 1.54) is 17.1 Å². The highest BCUT2D eigenvalue weighted by molar-refractivity contribution is 7.18. The molecular formula is C26H25ClFN5O3S. The van der Waals surface area contributed by atoms with E-state index in [0.717, 1.165) is 16.2 Å². The van der Waals surface area contributed by atoms with E-state index < -0.39 is 29.6 Å². The van der Waals surface area contributed by atoms with E-state index in [1.807, 2.05) is 0 Å². The maximum absolute atomic E-state index is 13.9. The van der Waals surface area contributed by atoms with Gasteiger partial charge in [0.1, 0.15) is 10.2 Å². The Bertz CT molecular complexity index is 1380. The summed E-state index contributed by atoms with van der Waals surface area (Å²) < 4.78 is 14.2. The average molecular weight is 542 g/mol. The molecule has 0 radical (unpaired) electrons. The normalized spacial score (nSPS) is 14.4. The van der Waals surface area contributed by atoms with Crippen LogP contribution in [0.2, 0.25) is 4.34 Å². The Hall–Kier alpha value is -3.73. The van der Waals surface area contributed by atoms with E-state index in [4.69, 9.17) is 23.2 Å². The smallest absolute Gasteiger partial charge is 0.261 e. The number of imide groups is 1. The molecule has 37 heavy (non-hydrogen) atoms. The van der Waals surface area contributed by atoms with Crippen LogP contribution >= 0.6 is 22.9 Å². The molecule has 1 unspecified atom stereocenters. The van der Waals surface area contributed by atoms with Gasteiger partial charge < -0.3 is 16.1 Å². The lowest BCUT2D eigenvalue weighted by atomic mass is 10.0. The lowest BCUT2D eigenvalue weighted by Gasteiger charge is -2.24. The maximum Gasteiger partial charge on any atom is 0.261 e. The van der Waals surface area contributed by atoms with Crippen LogP contribution in [0.15, 0.2) is 60.3 Å². The van der Waals surface area contributed by atoms with E-state index in [9.17, 15) is 18.8 Å². The molecule has 0 saturated carbocycles. The molecule has 1 atom stereocenters. The van der Waals surface area contributed by atoms with Crippen molar-refractivity contribution >= 4 is 46.4 Å². The van der Waals surface area contributed by atoms with Gasteiger partial charge in [-0.25, -0.2) is 10.2 Å². The summed E-state index contributed by atoms with van der Waals surface area (Å²) in [4.78, 5) is 40.5. The number of nitrogens with zero attached hydrogens (tertiary/aromatic N) is 2. The lowest BCUT2D eigenvalue weighted by Crippen LogP contribution is -2.46. The van der Waals surface area contributed by atoms with Gasteiger partial charge in [-0.3, -0.25) is 19.3 Å². The number of fused-ring (bicyclic) bond motifs is 1. The van der Waals surface area contributed by atoms with Gasteiger partial charge in [-0.15, -0.1) is 11.3 Å². The average Bonchev–Trinajstić information content (AvgIpc) is 3.32. The van der Waals surface area contributed by atoms with E-state index in [-0.39, 0.29) is 17.8 Å². The fourth-order valence-electron chi connectivity index (χ4n) is 4.31. The first-order valence-corrected chi connectivity index (χ1v) is 12.5. The summed E-state index contributed by atoms with van der Waals surface area (Å²) in [5, 5.41) is 4.21. The molecule has 1 aliphatic heterocycles. The minimum absolute atomic E-state index is 0.0981. The summed E-state index contributed by atoms with van der Waals surface area (Å²) >= 11 is 7.45. The molecule has 192 valence electrons. The van der Waals surface area contributed by atoms with Crippen molar-refractivity contribution < 1.29 is 18.8 Å². The summed E-state index contributed by atoms with van der Waals surface area (Å²) in [6, 6.07) is 13.3. The van der Waals surface area contributed by atoms with Crippen molar-refractivity contribution in [3.05, 3.63) is 97.6 Å². The van der Waals surface area contributed by atoms with Gasteiger partial charge in [0.25, 0.3) is 17.7 Å². The number of nitrogens with one attached hydrogen (secondary N) is 1. The molecule has 3 amide bonds. The van der Waals surface area contributed by atoms with Crippen LogP contribution in [0, 0.1) is 5.82 Å². The van der Waals surface area contributed by atoms with Crippen molar-refractivity contribution in [2.24, 2.45) is 11.6 Å². The zero-order chi connectivity index (χ0) is 26.9. The number of amides is 3. The third-order valence-electron chi connectivity index (χ3n) is 5.88. The van der Waals surface area contributed by atoms with Crippen molar-refractivity contribution in [2.45, 2.75) is 19.4 Å². The third kappa shape index (κ3) is 5.51. The van der Waals surface area contributed by atoms with Crippen LogP contribution in [0.3, 0.4) is 0 Å². The largest absolute Gasteiger partial charge is 0.401 e. The fourth-order valence-corrected chi connectivity index (χ4v) is 5.49. The topological polar surface area (TPSA) is 122 Å². The number of hydrogen-bond acceptors (Lipinski definition) is 7. The maximum atomic E-state index is 13.9. The SMILES string of the molecule is C/C(N)=C(\c1cc(C(=O)NC(Cc2cccc(F)c2)CN2C(=O)c3ccccc3C2=O)sc1Cl)N(C)N. The first kappa shape index (κ1) is 26.3. The van der Waals surface area contributed by atoms with E-state index in [1.54, 1.807) is 56.4 Å². The Morgan fingerprint density at radius 2 is 1.78 bits per heavy atom. The van der Waals surface area contributed by atoms with Crippen molar-refractivity contribution in [2.75, 3.05) is 13.6 Å². The lowest BCUT2D eigenvalue weighted by molar-refractivity contribution is 0.0629. The number of halogens is 2. The predicted molar refractivity (Wildman–Crippen MR) is 141 cm³/mol. The van der Waals surface area contributed by atoms with Crippen LogP contribution in [0.25, 0.3) is 5.70 Å². The van der Waals surface area contributed by atoms with Crippen LogP contribution in [-0.2, 0) is 6.42 Å². The minimum Gasteiger partial charge on any atom is -0.401 e. The molecule has 1 aromatic heterocycles. The summed E-state index contributed by atoms with van der Waals surface area (Å²) in [7, 11) is 1.61. The van der Waals surface area contributed by atoms with Gasteiger partial charge >= 0.3 is 0 Å². The molecule has 1 aliphatic rings. The number of hydrazine groups is 1. The minimum atomic E-state index is -0.704. The first-order valence-electron chi connectivity index (χ1n) is 11.3. The summed E-state index contributed by atoms with van der Waals surface area (Å²) in [5.74, 6) is 4.11. The van der Waals surface area contributed by atoms with Crippen LogP contribution in [-0.4, -0.2) is 47.3 Å². The van der Waals surface area contributed by atoms with Crippen LogP contribution < -0.4 is 16.9 Å². The molecule has 0 aliphatic carbocycles. The Morgan fingerprint density at radius 3 is 2.35 bits per heavy atom. The summed E-state index contributed by atoms with van der Waals surface area (Å²) in [6.07, 6.45) is 0.182. The molecule has 11 heteroatoms. The quantitative estimate of drug-likeness (QED) is 0.227. The van der Waals surface area contributed by atoms with Crippen molar-refractivity contribution in [3.63, 3.8) is 0 Å². The van der Waals surface area contributed by atoms with E-state index >= 15 is 0 Å². The molecule has 5 N–H and O–H groups in total. The molecule has 0 bridgehead atoms. The Labute approximate surface area is 222 Å². The second-order valence-corrected chi connectivity index (χ2v) is 10.4. The van der Waals surface area contributed by atoms with Crippen LogP contribution in [0.5, 0.6) is 0 Å². The molecule has 2 aromatic carbocycles. The third-order valence-corrected chi connectivity index (χ3v) is 7.24. The molecule has 0 fully saturated rings. The van der Waals surface area contributed by atoms with Gasteiger partial charge in [0, 0.05) is 24.9 Å². The number of hydrogen-bond donors (Lipinski definition) is 3. The molecule has 0 saturated heterocycles. The second-order valence-electron chi connectivity index (χ2n) is 8.71. The van der Waals surface area contributed by atoms with Gasteiger partial charge in [0.2, 0.25) is 0 Å². The van der Waals surface area contributed by atoms with E-state index in [0.29, 0.717) is 38.0 Å². The highest BCUT2D eigenvalue weighted by atomic mass is 35.5. The number of carbonyl (C=O) groups is 3.